The third-order valence-electron chi connectivity index (χ3n) is 5.48. The Labute approximate surface area is 206 Å². The van der Waals surface area contributed by atoms with Gasteiger partial charge < -0.3 is 5.11 Å². The molecule has 1 aromatic heterocycles. The van der Waals surface area contributed by atoms with E-state index in [1.165, 1.54) is 4.31 Å². The van der Waals surface area contributed by atoms with Gasteiger partial charge in [0, 0.05) is 16.1 Å². The summed E-state index contributed by atoms with van der Waals surface area (Å²) in [5.74, 6) is 0.183. The number of hydrogen-bond acceptors (Lipinski definition) is 4. The van der Waals surface area contributed by atoms with Crippen molar-refractivity contribution in [2.45, 2.75) is 4.90 Å². The maximum Gasteiger partial charge on any atom is 0.268 e. The number of para-hydroxylation sites is 1. The lowest BCUT2D eigenvalue weighted by molar-refractivity contribution is 0.475. The highest BCUT2D eigenvalue weighted by molar-refractivity contribution is 9.10. The van der Waals surface area contributed by atoms with Crippen molar-refractivity contribution in [3.63, 3.8) is 0 Å². The van der Waals surface area contributed by atoms with E-state index in [1.54, 1.807) is 60.8 Å². The van der Waals surface area contributed by atoms with Crippen LogP contribution in [0.2, 0.25) is 0 Å². The summed E-state index contributed by atoms with van der Waals surface area (Å²) in [6.45, 7) is 0. The van der Waals surface area contributed by atoms with Crippen LogP contribution in [0, 0.1) is 0 Å². The van der Waals surface area contributed by atoms with Crippen LogP contribution in [0.15, 0.2) is 119 Å². The zero-order valence-corrected chi connectivity index (χ0v) is 20.2. The molecule has 1 N–H and O–H groups in total. The molecule has 0 aliphatic heterocycles. The zero-order chi connectivity index (χ0) is 23.7. The van der Waals surface area contributed by atoms with Gasteiger partial charge in [-0.2, -0.15) is 0 Å². The summed E-state index contributed by atoms with van der Waals surface area (Å²) in [5.41, 5.74) is 3.48. The Morgan fingerprint density at radius 2 is 1.44 bits per heavy atom. The van der Waals surface area contributed by atoms with Gasteiger partial charge in [0.2, 0.25) is 0 Å². The first-order valence-corrected chi connectivity index (χ1v) is 12.7. The van der Waals surface area contributed by atoms with Crippen molar-refractivity contribution in [1.82, 2.24) is 4.98 Å². The summed E-state index contributed by atoms with van der Waals surface area (Å²) in [7, 11) is -3.95. The molecule has 0 amide bonds. The number of rotatable bonds is 5. The van der Waals surface area contributed by atoms with Crippen molar-refractivity contribution >= 4 is 48.2 Å². The first-order chi connectivity index (χ1) is 16.4. The fourth-order valence-corrected chi connectivity index (χ4v) is 5.60. The van der Waals surface area contributed by atoms with Gasteiger partial charge in [0.15, 0.2) is 0 Å². The van der Waals surface area contributed by atoms with Crippen molar-refractivity contribution in [2.75, 3.05) is 4.31 Å². The van der Waals surface area contributed by atoms with E-state index in [-0.39, 0.29) is 10.6 Å². The number of hydrogen-bond donors (Lipinski definition) is 1. The van der Waals surface area contributed by atoms with Gasteiger partial charge in [-0.25, -0.2) is 12.7 Å². The van der Waals surface area contributed by atoms with Gasteiger partial charge >= 0.3 is 0 Å². The molecule has 0 saturated heterocycles. The van der Waals surface area contributed by atoms with Gasteiger partial charge in [-0.15, -0.1) is 0 Å². The van der Waals surface area contributed by atoms with Crippen molar-refractivity contribution in [1.29, 1.82) is 0 Å². The smallest absolute Gasteiger partial charge is 0.268 e. The molecule has 0 aliphatic rings. The lowest BCUT2D eigenvalue weighted by atomic mass is 10.0. The molecular weight excluding hydrogens is 512 g/mol. The molecule has 34 heavy (non-hydrogen) atoms. The van der Waals surface area contributed by atoms with Gasteiger partial charge in [0.1, 0.15) is 5.75 Å². The number of phenolic OH excluding ortho intramolecular Hbond substituents is 1. The first kappa shape index (κ1) is 22.1. The number of benzene rings is 4. The van der Waals surface area contributed by atoms with Crippen LogP contribution < -0.4 is 4.31 Å². The largest absolute Gasteiger partial charge is 0.508 e. The Morgan fingerprint density at radius 3 is 2.15 bits per heavy atom. The summed E-state index contributed by atoms with van der Waals surface area (Å²) in [5, 5.41) is 10.3. The van der Waals surface area contributed by atoms with Gasteiger partial charge in [0.05, 0.1) is 21.8 Å². The molecule has 0 saturated carbocycles. The Hall–Kier alpha value is -3.68. The fourth-order valence-electron chi connectivity index (χ4n) is 3.82. The molecule has 168 valence electrons. The summed E-state index contributed by atoms with van der Waals surface area (Å²) < 4.78 is 30.0. The predicted molar refractivity (Wildman–Crippen MR) is 139 cm³/mol. The third-order valence-corrected chi connectivity index (χ3v) is 7.77. The summed E-state index contributed by atoms with van der Waals surface area (Å²) in [6, 6.07) is 29.9. The molecule has 0 unspecified atom stereocenters. The van der Waals surface area contributed by atoms with Crippen LogP contribution in [-0.2, 0) is 10.0 Å². The molecule has 0 radical (unpaired) electrons. The van der Waals surface area contributed by atoms with E-state index < -0.39 is 10.0 Å². The Kier molecular flexibility index (Phi) is 5.81. The van der Waals surface area contributed by atoms with Crippen molar-refractivity contribution < 1.29 is 13.5 Å². The molecule has 0 spiro atoms. The Morgan fingerprint density at radius 1 is 0.765 bits per heavy atom. The minimum Gasteiger partial charge on any atom is -0.508 e. The number of halogens is 1. The van der Waals surface area contributed by atoms with E-state index in [0.29, 0.717) is 22.3 Å². The van der Waals surface area contributed by atoms with Crippen molar-refractivity contribution in [2.24, 2.45) is 0 Å². The third kappa shape index (κ3) is 4.16. The SMILES string of the molecule is O=S(=O)(c1ccc(Br)cc1)N(c1ccccc1)c1ccnc2ccc(-c3ccc(O)cc3)cc12. The van der Waals surface area contributed by atoms with Gasteiger partial charge in [0.25, 0.3) is 10.0 Å². The van der Waals surface area contributed by atoms with Gasteiger partial charge in [-0.1, -0.05) is 52.3 Å². The number of aromatic nitrogens is 1. The number of fused-ring (bicyclic) bond motifs is 1. The summed E-state index contributed by atoms with van der Waals surface area (Å²) in [6.07, 6.45) is 1.62. The second-order valence-electron chi connectivity index (χ2n) is 7.67. The normalized spacial score (nSPS) is 11.4. The fraction of sp³-hybridized carbons (Fsp3) is 0. The topological polar surface area (TPSA) is 70.5 Å². The minimum atomic E-state index is -3.95. The molecule has 0 atom stereocenters. The maximum absolute atomic E-state index is 13.9. The van der Waals surface area contributed by atoms with E-state index in [9.17, 15) is 13.5 Å². The number of nitrogens with zero attached hydrogens (tertiary/aromatic N) is 2. The van der Waals surface area contributed by atoms with Crippen molar-refractivity contribution in [3.05, 3.63) is 114 Å². The number of aromatic hydroxyl groups is 1. The number of sulfonamides is 1. The van der Waals surface area contributed by atoms with Crippen LogP contribution in [0.3, 0.4) is 0 Å². The van der Waals surface area contributed by atoms with Gasteiger partial charge in [-0.05, 0) is 77.9 Å². The first-order valence-electron chi connectivity index (χ1n) is 10.5. The Bertz CT molecular complexity index is 1570. The second kappa shape index (κ2) is 8.93. The highest BCUT2D eigenvalue weighted by Gasteiger charge is 2.28. The van der Waals surface area contributed by atoms with Crippen LogP contribution in [-0.4, -0.2) is 18.5 Å². The highest BCUT2D eigenvalue weighted by Crippen LogP contribution is 2.38. The number of pyridine rings is 1. The molecular formula is C27H19BrN2O3S. The maximum atomic E-state index is 13.9. The standard InChI is InChI=1S/C27H19BrN2O3S/c28-21-9-13-24(14-10-21)34(32,33)30(22-4-2-1-3-5-22)27-16-17-29-26-15-8-20(18-25(26)27)19-6-11-23(31)12-7-19/h1-18,31H. The molecule has 0 aliphatic carbocycles. The molecule has 5 nitrogen and oxygen atoms in total. The quantitative estimate of drug-likeness (QED) is 0.268. The summed E-state index contributed by atoms with van der Waals surface area (Å²) >= 11 is 3.37. The molecule has 4 aromatic carbocycles. The van der Waals surface area contributed by atoms with E-state index in [0.717, 1.165) is 15.6 Å². The molecule has 0 fully saturated rings. The van der Waals surface area contributed by atoms with Crippen molar-refractivity contribution in [3.8, 4) is 16.9 Å². The van der Waals surface area contributed by atoms with Crippen LogP contribution in [0.25, 0.3) is 22.0 Å². The van der Waals surface area contributed by atoms with Crippen LogP contribution in [0.4, 0.5) is 11.4 Å². The zero-order valence-electron chi connectivity index (χ0n) is 17.8. The highest BCUT2D eigenvalue weighted by atomic mass is 79.9. The predicted octanol–water partition coefficient (Wildman–Crippen LogP) is 6.90. The average molecular weight is 531 g/mol. The number of phenols is 1. The lowest BCUT2D eigenvalue weighted by Crippen LogP contribution is -2.26. The molecule has 1 heterocycles. The molecule has 5 aromatic rings. The monoisotopic (exact) mass is 530 g/mol. The van der Waals surface area contributed by atoms with Crippen LogP contribution >= 0.6 is 15.9 Å². The lowest BCUT2D eigenvalue weighted by Gasteiger charge is -2.26. The average Bonchev–Trinajstić information content (AvgIpc) is 2.85. The van der Waals surface area contributed by atoms with E-state index in [1.807, 2.05) is 48.5 Å². The molecule has 5 rings (SSSR count). The molecule has 7 heteroatoms. The van der Waals surface area contributed by atoms with Crippen LogP contribution in [0.1, 0.15) is 0 Å². The van der Waals surface area contributed by atoms with Gasteiger partial charge in [-0.3, -0.25) is 4.98 Å². The second-order valence-corrected chi connectivity index (χ2v) is 10.4. The van der Waals surface area contributed by atoms with E-state index in [4.69, 9.17) is 0 Å². The summed E-state index contributed by atoms with van der Waals surface area (Å²) in [4.78, 5) is 4.65. The minimum absolute atomic E-state index is 0.180. The Balaban J connectivity index is 1.75. The molecule has 0 bridgehead atoms. The number of anilines is 2. The van der Waals surface area contributed by atoms with Crippen LogP contribution in [0.5, 0.6) is 5.75 Å². The van der Waals surface area contributed by atoms with E-state index >= 15 is 0 Å². The van der Waals surface area contributed by atoms with E-state index in [2.05, 4.69) is 20.9 Å².